The number of methoxy groups -OCH3 is 1. The van der Waals surface area contributed by atoms with Crippen LogP contribution in [0.1, 0.15) is 48.0 Å². The van der Waals surface area contributed by atoms with E-state index in [0.29, 0.717) is 30.0 Å². The fraction of sp³-hybridized carbons (Fsp3) is 0.286. The van der Waals surface area contributed by atoms with Crippen LogP contribution in [0.15, 0.2) is 78.9 Å². The number of rotatable bonds is 7. The van der Waals surface area contributed by atoms with Crippen LogP contribution in [0.4, 0.5) is 5.69 Å². The Morgan fingerprint density at radius 3 is 2.29 bits per heavy atom. The van der Waals surface area contributed by atoms with Gasteiger partial charge in [-0.2, -0.15) is 0 Å². The van der Waals surface area contributed by atoms with E-state index in [-0.39, 0.29) is 11.8 Å². The number of nitrogens with one attached hydrogen (secondary N) is 1. The lowest BCUT2D eigenvalue weighted by Gasteiger charge is -2.45. The molecule has 0 atom stereocenters. The Kier molecular flexibility index (Phi) is 7.53. The molecule has 6 heteroatoms. The number of benzene rings is 3. The number of hydrogen-bond acceptors (Lipinski definition) is 3. The van der Waals surface area contributed by atoms with Gasteiger partial charge in [0.15, 0.2) is 0 Å². The third-order valence-electron chi connectivity index (χ3n) is 6.47. The maximum Gasteiger partial charge on any atom is 0.255 e. The second-order valence-corrected chi connectivity index (χ2v) is 9.10. The van der Waals surface area contributed by atoms with Gasteiger partial charge in [-0.3, -0.25) is 9.59 Å². The van der Waals surface area contributed by atoms with Gasteiger partial charge in [0.1, 0.15) is 11.3 Å². The molecule has 0 unspecified atom stereocenters. The van der Waals surface area contributed by atoms with Crippen molar-refractivity contribution < 1.29 is 14.3 Å². The van der Waals surface area contributed by atoms with Gasteiger partial charge in [-0.1, -0.05) is 67.3 Å². The molecule has 0 bridgehead atoms. The minimum absolute atomic E-state index is 0.151. The van der Waals surface area contributed by atoms with Crippen LogP contribution in [-0.4, -0.2) is 29.4 Å². The Morgan fingerprint density at radius 1 is 0.941 bits per heavy atom. The topological polar surface area (TPSA) is 58.6 Å². The molecule has 0 aliphatic heterocycles. The first kappa shape index (κ1) is 23.8. The van der Waals surface area contributed by atoms with Crippen molar-refractivity contribution >= 4 is 29.1 Å². The van der Waals surface area contributed by atoms with Crippen molar-refractivity contribution in [1.29, 1.82) is 0 Å². The second kappa shape index (κ2) is 10.7. The molecule has 0 saturated heterocycles. The van der Waals surface area contributed by atoms with Gasteiger partial charge < -0.3 is 15.0 Å². The summed E-state index contributed by atoms with van der Waals surface area (Å²) in [6, 6.07) is 23.9. The van der Waals surface area contributed by atoms with Crippen LogP contribution in [-0.2, 0) is 11.3 Å². The van der Waals surface area contributed by atoms with Gasteiger partial charge in [-0.25, -0.2) is 0 Å². The van der Waals surface area contributed by atoms with Gasteiger partial charge in [0.05, 0.1) is 7.11 Å². The minimum atomic E-state index is -0.965. The van der Waals surface area contributed by atoms with E-state index < -0.39 is 5.54 Å². The molecule has 0 heterocycles. The number of ether oxygens (including phenoxy) is 1. The molecular formula is C28H29ClN2O3. The molecule has 0 spiro atoms. The number of carbonyl (C=O) groups excluding carboxylic acids is 2. The van der Waals surface area contributed by atoms with Crippen molar-refractivity contribution in [2.24, 2.45) is 0 Å². The second-order valence-electron chi connectivity index (χ2n) is 8.66. The molecule has 3 aromatic carbocycles. The fourth-order valence-electron chi connectivity index (χ4n) is 4.63. The predicted octanol–water partition coefficient (Wildman–Crippen LogP) is 6.33. The molecule has 0 radical (unpaired) electrons. The highest BCUT2D eigenvalue weighted by atomic mass is 35.5. The van der Waals surface area contributed by atoms with Crippen LogP contribution in [0.3, 0.4) is 0 Å². The lowest BCUT2D eigenvalue weighted by atomic mass is 9.78. The van der Waals surface area contributed by atoms with Crippen molar-refractivity contribution in [3.63, 3.8) is 0 Å². The van der Waals surface area contributed by atoms with E-state index in [1.165, 1.54) is 0 Å². The molecular weight excluding hydrogens is 448 g/mol. The van der Waals surface area contributed by atoms with E-state index in [4.69, 9.17) is 16.3 Å². The number of anilines is 1. The normalized spacial score (nSPS) is 14.8. The fourth-order valence-corrected chi connectivity index (χ4v) is 4.82. The van der Waals surface area contributed by atoms with E-state index in [9.17, 15) is 9.59 Å². The van der Waals surface area contributed by atoms with Gasteiger partial charge in [-0.15, -0.1) is 0 Å². The van der Waals surface area contributed by atoms with Crippen molar-refractivity contribution in [3.05, 3.63) is 95.0 Å². The molecule has 1 N–H and O–H groups in total. The van der Waals surface area contributed by atoms with Crippen LogP contribution in [0.25, 0.3) is 0 Å². The van der Waals surface area contributed by atoms with Crippen molar-refractivity contribution in [3.8, 4) is 5.75 Å². The van der Waals surface area contributed by atoms with Crippen LogP contribution >= 0.6 is 11.6 Å². The Hall–Kier alpha value is -3.31. The van der Waals surface area contributed by atoms with Crippen LogP contribution in [0, 0.1) is 0 Å². The largest absolute Gasteiger partial charge is 0.497 e. The van der Waals surface area contributed by atoms with Crippen LogP contribution in [0.5, 0.6) is 5.75 Å². The van der Waals surface area contributed by atoms with Gasteiger partial charge in [0.2, 0.25) is 5.91 Å². The van der Waals surface area contributed by atoms with Gasteiger partial charge in [-0.05, 0) is 60.9 Å². The standard InChI is InChI=1S/C28H29ClN2O3/c1-34-25-15-13-21(14-16-25)20-31(26(32)22-9-8-10-23(29)19-22)28(17-6-3-7-18-28)27(33)30-24-11-4-2-5-12-24/h2,4-5,8-16,19H,3,6-7,17-18,20H2,1H3,(H,30,33). The molecule has 2 amide bonds. The minimum Gasteiger partial charge on any atom is -0.497 e. The Morgan fingerprint density at radius 2 is 1.65 bits per heavy atom. The SMILES string of the molecule is COc1ccc(CN(C(=O)c2cccc(Cl)c2)C2(C(=O)Nc3ccccc3)CCCCC2)cc1. The zero-order chi connectivity index (χ0) is 24.0. The highest BCUT2D eigenvalue weighted by Crippen LogP contribution is 2.37. The molecule has 1 fully saturated rings. The molecule has 176 valence electrons. The molecule has 1 aliphatic rings. The van der Waals surface area contributed by atoms with Gasteiger partial charge in [0.25, 0.3) is 5.91 Å². The first-order chi connectivity index (χ1) is 16.5. The molecule has 0 aromatic heterocycles. The summed E-state index contributed by atoms with van der Waals surface area (Å²) in [7, 11) is 1.62. The molecule has 5 nitrogen and oxygen atoms in total. The summed E-state index contributed by atoms with van der Waals surface area (Å²) in [6.07, 6.45) is 4.01. The monoisotopic (exact) mass is 476 g/mol. The number of nitrogens with zero attached hydrogens (tertiary/aromatic N) is 1. The van der Waals surface area contributed by atoms with E-state index in [1.807, 2.05) is 54.6 Å². The lowest BCUT2D eigenvalue weighted by molar-refractivity contribution is -0.129. The maximum absolute atomic E-state index is 13.9. The van der Waals surface area contributed by atoms with E-state index in [0.717, 1.165) is 36.3 Å². The third-order valence-corrected chi connectivity index (χ3v) is 6.70. The van der Waals surface area contributed by atoms with E-state index in [2.05, 4.69) is 5.32 Å². The molecule has 3 aromatic rings. The van der Waals surface area contributed by atoms with Crippen molar-refractivity contribution in [1.82, 2.24) is 4.90 Å². The molecule has 4 rings (SSSR count). The quantitative estimate of drug-likeness (QED) is 0.433. The van der Waals surface area contributed by atoms with Crippen LogP contribution in [0.2, 0.25) is 5.02 Å². The molecule has 1 saturated carbocycles. The summed E-state index contributed by atoms with van der Waals surface area (Å²) >= 11 is 6.21. The van der Waals surface area contributed by atoms with E-state index in [1.54, 1.807) is 36.3 Å². The van der Waals surface area contributed by atoms with Gasteiger partial charge in [0, 0.05) is 22.8 Å². The first-order valence-corrected chi connectivity index (χ1v) is 12.0. The first-order valence-electron chi connectivity index (χ1n) is 11.6. The van der Waals surface area contributed by atoms with Crippen molar-refractivity contribution in [2.45, 2.75) is 44.2 Å². The lowest BCUT2D eigenvalue weighted by Crippen LogP contribution is -2.59. The number of hydrogen-bond donors (Lipinski definition) is 1. The van der Waals surface area contributed by atoms with E-state index >= 15 is 0 Å². The number of amides is 2. The number of para-hydroxylation sites is 1. The predicted molar refractivity (Wildman–Crippen MR) is 135 cm³/mol. The zero-order valence-electron chi connectivity index (χ0n) is 19.3. The Labute approximate surface area is 205 Å². The highest BCUT2D eigenvalue weighted by molar-refractivity contribution is 6.31. The molecule has 1 aliphatic carbocycles. The summed E-state index contributed by atoms with van der Waals surface area (Å²) in [5, 5.41) is 3.56. The number of halogens is 1. The zero-order valence-corrected chi connectivity index (χ0v) is 20.1. The Balaban J connectivity index is 1.75. The Bertz CT molecular complexity index is 1130. The average Bonchev–Trinajstić information content (AvgIpc) is 2.88. The highest BCUT2D eigenvalue weighted by Gasteiger charge is 2.47. The summed E-state index contributed by atoms with van der Waals surface area (Å²) in [4.78, 5) is 29.6. The summed E-state index contributed by atoms with van der Waals surface area (Å²) in [6.45, 7) is 0.303. The maximum atomic E-state index is 13.9. The third kappa shape index (κ3) is 5.26. The summed E-state index contributed by atoms with van der Waals surface area (Å²) < 4.78 is 5.29. The van der Waals surface area contributed by atoms with Crippen LogP contribution < -0.4 is 10.1 Å². The van der Waals surface area contributed by atoms with Gasteiger partial charge >= 0.3 is 0 Å². The smallest absolute Gasteiger partial charge is 0.255 e. The summed E-state index contributed by atoms with van der Waals surface area (Å²) in [5.74, 6) is 0.386. The average molecular weight is 477 g/mol. The van der Waals surface area contributed by atoms with Crippen molar-refractivity contribution in [2.75, 3.05) is 12.4 Å². The summed E-state index contributed by atoms with van der Waals surface area (Å²) in [5.41, 5.74) is 1.15. The number of carbonyl (C=O) groups is 2. The molecule has 34 heavy (non-hydrogen) atoms.